The van der Waals surface area contributed by atoms with Gasteiger partial charge < -0.3 is 10.1 Å². The van der Waals surface area contributed by atoms with Crippen LogP contribution in [0, 0.1) is 5.92 Å². The lowest BCUT2D eigenvalue weighted by atomic mass is 9.92. The first kappa shape index (κ1) is 13.3. The first-order valence-corrected chi connectivity index (χ1v) is 7.29. The number of likely N-dealkylation sites (tertiary alicyclic amines) is 1. The van der Waals surface area contributed by atoms with Crippen LogP contribution in [0.25, 0.3) is 0 Å². The van der Waals surface area contributed by atoms with Crippen molar-refractivity contribution in [2.45, 2.75) is 58.2 Å². The lowest BCUT2D eigenvalue weighted by molar-refractivity contribution is 0.0603. The van der Waals surface area contributed by atoms with Crippen molar-refractivity contribution in [3.8, 4) is 0 Å². The van der Waals surface area contributed by atoms with Crippen LogP contribution in [-0.4, -0.2) is 49.3 Å². The van der Waals surface area contributed by atoms with Crippen molar-refractivity contribution in [2.24, 2.45) is 5.92 Å². The number of nitrogens with one attached hydrogen (secondary N) is 1. The number of hydrogen-bond acceptors (Lipinski definition) is 3. The van der Waals surface area contributed by atoms with Gasteiger partial charge in [-0.05, 0) is 45.6 Å². The first-order chi connectivity index (χ1) is 8.22. The van der Waals surface area contributed by atoms with Gasteiger partial charge in [-0.1, -0.05) is 6.92 Å². The maximum Gasteiger partial charge on any atom is 0.0509 e. The van der Waals surface area contributed by atoms with Crippen LogP contribution in [0.1, 0.15) is 40.0 Å². The van der Waals surface area contributed by atoms with Crippen molar-refractivity contribution in [1.29, 1.82) is 0 Å². The normalized spacial score (nSPS) is 37.2. The van der Waals surface area contributed by atoms with Crippen LogP contribution in [0.3, 0.4) is 0 Å². The Morgan fingerprint density at radius 1 is 1.41 bits per heavy atom. The summed E-state index contributed by atoms with van der Waals surface area (Å²) in [5, 5.41) is 3.59. The van der Waals surface area contributed by atoms with E-state index in [1.165, 1.54) is 25.8 Å². The minimum Gasteiger partial charge on any atom is -0.381 e. The highest BCUT2D eigenvalue weighted by atomic mass is 16.5. The maximum atomic E-state index is 5.52. The molecule has 0 amide bonds. The lowest BCUT2D eigenvalue weighted by Crippen LogP contribution is -2.52. The molecule has 2 fully saturated rings. The number of hydrogen-bond donors (Lipinski definition) is 1. The molecule has 0 aromatic carbocycles. The predicted octanol–water partition coefficient (Wildman–Crippen LogP) is 1.87. The Morgan fingerprint density at radius 3 is 2.82 bits per heavy atom. The molecule has 100 valence electrons. The van der Waals surface area contributed by atoms with Crippen molar-refractivity contribution in [3.63, 3.8) is 0 Å². The molecule has 3 nitrogen and oxygen atoms in total. The van der Waals surface area contributed by atoms with E-state index in [-0.39, 0.29) is 0 Å². The maximum absolute atomic E-state index is 5.52. The fourth-order valence-corrected chi connectivity index (χ4v) is 3.47. The van der Waals surface area contributed by atoms with Gasteiger partial charge in [-0.3, -0.25) is 4.90 Å². The van der Waals surface area contributed by atoms with Crippen molar-refractivity contribution >= 4 is 0 Å². The second-order valence-electron chi connectivity index (χ2n) is 5.73. The molecular formula is C14H28N2O. The van der Waals surface area contributed by atoms with E-state index in [0.29, 0.717) is 12.1 Å². The molecule has 0 bridgehead atoms. The second-order valence-corrected chi connectivity index (χ2v) is 5.73. The zero-order chi connectivity index (χ0) is 12.3. The Labute approximate surface area is 106 Å². The third kappa shape index (κ3) is 3.21. The van der Waals surface area contributed by atoms with Crippen LogP contribution in [0.2, 0.25) is 0 Å². The zero-order valence-corrected chi connectivity index (χ0v) is 11.6. The summed E-state index contributed by atoms with van der Waals surface area (Å²) in [5.74, 6) is 0.758. The summed E-state index contributed by atoms with van der Waals surface area (Å²) in [6, 6.07) is 2.14. The van der Waals surface area contributed by atoms with Crippen LogP contribution >= 0.6 is 0 Å². The fraction of sp³-hybridized carbons (Fsp3) is 1.00. The van der Waals surface area contributed by atoms with Crippen molar-refractivity contribution in [2.75, 3.05) is 26.3 Å². The third-order valence-corrected chi connectivity index (χ3v) is 4.59. The quantitative estimate of drug-likeness (QED) is 0.812. The average molecular weight is 240 g/mol. The molecule has 2 aliphatic rings. The molecule has 2 rings (SSSR count). The molecule has 3 heteroatoms. The third-order valence-electron chi connectivity index (χ3n) is 4.59. The van der Waals surface area contributed by atoms with E-state index < -0.39 is 0 Å². The molecule has 2 aliphatic heterocycles. The number of piperidine rings is 1. The monoisotopic (exact) mass is 240 g/mol. The van der Waals surface area contributed by atoms with Gasteiger partial charge in [-0.2, -0.15) is 0 Å². The minimum absolute atomic E-state index is 0.690. The molecule has 0 aromatic rings. The van der Waals surface area contributed by atoms with Crippen molar-refractivity contribution in [3.05, 3.63) is 0 Å². The topological polar surface area (TPSA) is 24.5 Å². The van der Waals surface area contributed by atoms with Gasteiger partial charge in [-0.25, -0.2) is 0 Å². The SMILES string of the molecule is CCNC1CCN(C(C)C2CCOC2)C(C)C1. The molecule has 17 heavy (non-hydrogen) atoms. The zero-order valence-electron chi connectivity index (χ0n) is 11.6. The number of rotatable bonds is 4. The first-order valence-electron chi connectivity index (χ1n) is 7.29. The van der Waals surface area contributed by atoms with Crippen molar-refractivity contribution < 1.29 is 4.74 Å². The molecule has 0 saturated carbocycles. The molecule has 0 aromatic heterocycles. The van der Waals surface area contributed by atoms with E-state index >= 15 is 0 Å². The Morgan fingerprint density at radius 2 is 2.24 bits per heavy atom. The summed E-state index contributed by atoms with van der Waals surface area (Å²) < 4.78 is 5.52. The molecule has 0 spiro atoms. The fourth-order valence-electron chi connectivity index (χ4n) is 3.47. The van der Waals surface area contributed by atoms with E-state index in [0.717, 1.165) is 31.7 Å². The highest BCUT2D eigenvalue weighted by molar-refractivity contribution is 4.88. The van der Waals surface area contributed by atoms with Crippen LogP contribution in [0.4, 0.5) is 0 Å². The Bertz CT molecular complexity index is 228. The van der Waals surface area contributed by atoms with Crippen molar-refractivity contribution in [1.82, 2.24) is 10.2 Å². The summed E-state index contributed by atoms with van der Waals surface area (Å²) in [4.78, 5) is 2.70. The summed E-state index contributed by atoms with van der Waals surface area (Å²) in [6.07, 6.45) is 3.85. The van der Waals surface area contributed by atoms with Crippen LogP contribution in [-0.2, 0) is 4.74 Å². The molecule has 4 unspecified atom stereocenters. The van der Waals surface area contributed by atoms with Gasteiger partial charge in [0, 0.05) is 31.3 Å². The van der Waals surface area contributed by atoms with Gasteiger partial charge in [0.15, 0.2) is 0 Å². The Balaban J connectivity index is 1.85. The van der Waals surface area contributed by atoms with Crippen LogP contribution < -0.4 is 5.32 Å². The molecule has 0 radical (unpaired) electrons. The summed E-state index contributed by atoms with van der Waals surface area (Å²) >= 11 is 0. The predicted molar refractivity (Wildman–Crippen MR) is 71.3 cm³/mol. The smallest absolute Gasteiger partial charge is 0.0509 e. The standard InChI is InChI=1S/C14H28N2O/c1-4-15-14-5-7-16(11(2)9-14)12(3)13-6-8-17-10-13/h11-15H,4-10H2,1-3H3. The largest absolute Gasteiger partial charge is 0.381 e. The van der Waals surface area contributed by atoms with Crippen LogP contribution in [0.5, 0.6) is 0 Å². The van der Waals surface area contributed by atoms with E-state index in [1.54, 1.807) is 0 Å². The van der Waals surface area contributed by atoms with E-state index in [9.17, 15) is 0 Å². The Kier molecular flexibility index (Phi) is 4.83. The second kappa shape index (κ2) is 6.17. The highest BCUT2D eigenvalue weighted by Gasteiger charge is 2.33. The Hall–Kier alpha value is -0.120. The van der Waals surface area contributed by atoms with Gasteiger partial charge in [0.05, 0.1) is 6.61 Å². The van der Waals surface area contributed by atoms with Gasteiger partial charge in [0.25, 0.3) is 0 Å². The molecule has 0 aliphatic carbocycles. The summed E-state index contributed by atoms with van der Waals surface area (Å²) in [6.45, 7) is 11.3. The number of nitrogens with zero attached hydrogens (tertiary/aromatic N) is 1. The van der Waals surface area contributed by atoms with Gasteiger partial charge >= 0.3 is 0 Å². The number of ether oxygens (including phenoxy) is 1. The van der Waals surface area contributed by atoms with E-state index in [1.807, 2.05) is 0 Å². The lowest BCUT2D eigenvalue weighted by Gasteiger charge is -2.43. The molecule has 2 heterocycles. The molecular weight excluding hydrogens is 212 g/mol. The van der Waals surface area contributed by atoms with Crippen LogP contribution in [0.15, 0.2) is 0 Å². The summed E-state index contributed by atoms with van der Waals surface area (Å²) in [5.41, 5.74) is 0. The van der Waals surface area contributed by atoms with Gasteiger partial charge in [0.1, 0.15) is 0 Å². The highest BCUT2D eigenvalue weighted by Crippen LogP contribution is 2.27. The summed E-state index contributed by atoms with van der Waals surface area (Å²) in [7, 11) is 0. The molecule has 4 atom stereocenters. The van der Waals surface area contributed by atoms with E-state index in [4.69, 9.17) is 4.74 Å². The van der Waals surface area contributed by atoms with Gasteiger partial charge in [0.2, 0.25) is 0 Å². The van der Waals surface area contributed by atoms with Gasteiger partial charge in [-0.15, -0.1) is 0 Å². The molecule has 2 saturated heterocycles. The minimum atomic E-state index is 0.690. The average Bonchev–Trinajstić information content (AvgIpc) is 2.82. The van der Waals surface area contributed by atoms with E-state index in [2.05, 4.69) is 31.0 Å². The molecule has 1 N–H and O–H groups in total.